The predicted molar refractivity (Wildman–Crippen MR) is 90.6 cm³/mol. The first kappa shape index (κ1) is 17.9. The van der Waals surface area contributed by atoms with Gasteiger partial charge in [0.25, 0.3) is 0 Å². The second-order valence-corrected chi connectivity index (χ2v) is 10.1. The van der Waals surface area contributed by atoms with Crippen molar-refractivity contribution in [1.82, 2.24) is 0 Å². The lowest BCUT2D eigenvalue weighted by Crippen LogP contribution is -2.62. The number of ether oxygens (including phenoxy) is 4. The Bertz CT molecular complexity index is 946. The number of hydrogen-bond donors (Lipinski definition) is 2. The molecule has 0 radical (unpaired) electrons. The third kappa shape index (κ3) is 1.36. The van der Waals surface area contributed by atoms with Gasteiger partial charge in [-0.2, -0.15) is 0 Å². The summed E-state index contributed by atoms with van der Waals surface area (Å²) in [7, 11) is 0. The van der Waals surface area contributed by atoms with Crippen molar-refractivity contribution in [2.75, 3.05) is 0 Å². The Kier molecular flexibility index (Phi) is 2.79. The van der Waals surface area contributed by atoms with E-state index in [9.17, 15) is 24.6 Å². The smallest absolute Gasteiger partial charge is 0.344 e. The van der Waals surface area contributed by atoms with Crippen molar-refractivity contribution in [3.05, 3.63) is 11.1 Å². The second kappa shape index (κ2) is 4.53. The maximum atomic E-state index is 13.3. The Labute approximate surface area is 165 Å². The standard InChI is InChI=1S/C20H22O9/c1-6-9-10(27-13(6)23)11(21)19-8-5-7(17(2,3)4)18(19)12(22)14(24)28-16(18)29-20(9,19)15(25)26-8/h7-8,10-12,16,21-22H,5H2,1-4H3/t7-,8-,10-,11+,12+,16?,18?,19+,20-/m1/s1. The minimum Gasteiger partial charge on any atom is -0.459 e. The van der Waals surface area contributed by atoms with Crippen molar-refractivity contribution in [1.29, 1.82) is 0 Å². The van der Waals surface area contributed by atoms with E-state index in [1.807, 2.05) is 20.8 Å². The third-order valence-electron chi connectivity index (χ3n) is 8.35. The number of esters is 3. The van der Waals surface area contributed by atoms with Crippen LogP contribution in [0.25, 0.3) is 0 Å². The Morgan fingerprint density at radius 2 is 1.76 bits per heavy atom. The Morgan fingerprint density at radius 3 is 2.41 bits per heavy atom. The molecule has 6 aliphatic rings. The monoisotopic (exact) mass is 406 g/mol. The molecule has 0 aromatic carbocycles. The summed E-state index contributed by atoms with van der Waals surface area (Å²) in [6, 6.07) is 0. The van der Waals surface area contributed by atoms with Crippen LogP contribution < -0.4 is 0 Å². The molecule has 6 rings (SSSR count). The quantitative estimate of drug-likeness (QED) is 0.407. The van der Waals surface area contributed by atoms with E-state index in [4.69, 9.17) is 18.9 Å². The van der Waals surface area contributed by atoms with Gasteiger partial charge in [0.1, 0.15) is 12.2 Å². The van der Waals surface area contributed by atoms with Gasteiger partial charge in [0.2, 0.25) is 11.9 Å². The highest BCUT2D eigenvalue weighted by molar-refractivity contribution is 6.00. The average molecular weight is 406 g/mol. The van der Waals surface area contributed by atoms with E-state index in [1.54, 1.807) is 0 Å². The molecule has 9 atom stereocenters. The van der Waals surface area contributed by atoms with Gasteiger partial charge in [-0.3, -0.25) is 0 Å². The number of carbonyl (C=O) groups is 3. The molecular weight excluding hydrogens is 384 g/mol. The highest BCUT2D eigenvalue weighted by Crippen LogP contribution is 2.83. The maximum Gasteiger partial charge on any atom is 0.344 e. The summed E-state index contributed by atoms with van der Waals surface area (Å²) >= 11 is 0. The number of fused-ring (bicyclic) bond motifs is 1. The van der Waals surface area contributed by atoms with Crippen LogP contribution in [0.3, 0.4) is 0 Å². The van der Waals surface area contributed by atoms with Gasteiger partial charge < -0.3 is 29.2 Å². The van der Waals surface area contributed by atoms with E-state index in [1.165, 1.54) is 6.92 Å². The predicted octanol–water partition coefficient (Wildman–Crippen LogP) is -0.420. The van der Waals surface area contributed by atoms with Crippen molar-refractivity contribution in [3.63, 3.8) is 0 Å². The van der Waals surface area contributed by atoms with Gasteiger partial charge >= 0.3 is 17.9 Å². The summed E-state index contributed by atoms with van der Waals surface area (Å²) in [5.74, 6) is -2.59. The van der Waals surface area contributed by atoms with Crippen LogP contribution in [-0.4, -0.2) is 64.4 Å². The molecule has 9 nitrogen and oxygen atoms in total. The van der Waals surface area contributed by atoms with Gasteiger partial charge in [-0.15, -0.1) is 0 Å². The largest absolute Gasteiger partial charge is 0.459 e. The SMILES string of the molecule is CC1=C2[C@@H](OC1=O)[C@H](O)[C@@]13[C@H]4C[C@H](C(C)(C)C)C15C(OC(=O)[C@@H]5O)O[C@@]23C(=O)O4. The Hall–Kier alpha value is -1.97. The summed E-state index contributed by atoms with van der Waals surface area (Å²) in [5.41, 5.74) is -4.76. The fourth-order valence-corrected chi connectivity index (χ4v) is 7.64. The van der Waals surface area contributed by atoms with Crippen molar-refractivity contribution >= 4 is 17.9 Å². The number of hydrogen-bond acceptors (Lipinski definition) is 9. The van der Waals surface area contributed by atoms with Crippen molar-refractivity contribution in [2.24, 2.45) is 22.2 Å². The van der Waals surface area contributed by atoms with E-state index in [-0.39, 0.29) is 17.1 Å². The minimum atomic E-state index is -1.83. The van der Waals surface area contributed by atoms with Crippen LogP contribution in [0.5, 0.6) is 0 Å². The molecule has 2 spiro atoms. The average Bonchev–Trinajstić information content (AvgIpc) is 3.34. The molecule has 5 fully saturated rings. The minimum absolute atomic E-state index is 0.179. The normalized spacial score (nSPS) is 54.2. The third-order valence-corrected chi connectivity index (χ3v) is 8.35. The number of aliphatic hydroxyl groups excluding tert-OH is 2. The van der Waals surface area contributed by atoms with Crippen LogP contribution in [0.2, 0.25) is 0 Å². The number of carbonyl (C=O) groups excluding carboxylic acids is 3. The molecule has 9 heteroatoms. The van der Waals surface area contributed by atoms with Crippen LogP contribution in [0, 0.1) is 22.2 Å². The highest BCUT2D eigenvalue weighted by Gasteiger charge is 2.99. The van der Waals surface area contributed by atoms with Crippen LogP contribution >= 0.6 is 0 Å². The number of aliphatic hydroxyl groups is 2. The van der Waals surface area contributed by atoms with E-state index in [2.05, 4.69) is 0 Å². The topological polar surface area (TPSA) is 129 Å². The maximum absolute atomic E-state index is 13.3. The summed E-state index contributed by atoms with van der Waals surface area (Å²) in [4.78, 5) is 38.0. The summed E-state index contributed by atoms with van der Waals surface area (Å²) in [6.45, 7) is 7.41. The zero-order valence-electron chi connectivity index (χ0n) is 16.4. The molecule has 156 valence electrons. The van der Waals surface area contributed by atoms with E-state index in [0.29, 0.717) is 6.42 Å². The Balaban J connectivity index is 1.73. The molecule has 4 heterocycles. The Morgan fingerprint density at radius 1 is 1.07 bits per heavy atom. The molecule has 2 aliphatic carbocycles. The van der Waals surface area contributed by atoms with Gasteiger partial charge in [-0.25, -0.2) is 14.4 Å². The van der Waals surface area contributed by atoms with Gasteiger partial charge in [0, 0.05) is 11.1 Å². The first-order valence-electron chi connectivity index (χ1n) is 9.85. The van der Waals surface area contributed by atoms with Crippen molar-refractivity contribution in [2.45, 2.75) is 70.4 Å². The molecule has 2 unspecified atom stereocenters. The van der Waals surface area contributed by atoms with Crippen LogP contribution in [0.1, 0.15) is 34.1 Å². The number of rotatable bonds is 0. The zero-order chi connectivity index (χ0) is 20.9. The van der Waals surface area contributed by atoms with E-state index < -0.39 is 70.5 Å². The lowest BCUT2D eigenvalue weighted by atomic mass is 9.51. The van der Waals surface area contributed by atoms with Crippen LogP contribution in [-0.2, 0) is 33.3 Å². The summed E-state index contributed by atoms with van der Waals surface area (Å²) in [6.07, 6.45) is -5.81. The molecule has 4 aliphatic heterocycles. The molecular formula is C20H22O9. The zero-order valence-corrected chi connectivity index (χ0v) is 16.4. The van der Waals surface area contributed by atoms with Crippen molar-refractivity contribution < 1.29 is 43.5 Å². The lowest BCUT2D eigenvalue weighted by molar-refractivity contribution is -0.193. The molecule has 0 amide bonds. The lowest BCUT2D eigenvalue weighted by Gasteiger charge is -2.47. The van der Waals surface area contributed by atoms with Gasteiger partial charge in [-0.1, -0.05) is 20.8 Å². The van der Waals surface area contributed by atoms with Crippen LogP contribution in [0.4, 0.5) is 0 Å². The summed E-state index contributed by atoms with van der Waals surface area (Å²) in [5, 5.41) is 22.8. The van der Waals surface area contributed by atoms with Gasteiger partial charge in [0.15, 0.2) is 12.2 Å². The highest BCUT2D eigenvalue weighted by atomic mass is 16.7. The molecule has 0 aromatic rings. The summed E-state index contributed by atoms with van der Waals surface area (Å²) < 4.78 is 22.8. The molecule has 0 aromatic heterocycles. The first-order chi connectivity index (χ1) is 13.5. The molecule has 2 N–H and O–H groups in total. The molecule has 29 heavy (non-hydrogen) atoms. The fourth-order valence-electron chi connectivity index (χ4n) is 7.64. The van der Waals surface area contributed by atoms with Gasteiger partial charge in [0.05, 0.1) is 10.8 Å². The van der Waals surface area contributed by atoms with E-state index >= 15 is 0 Å². The van der Waals surface area contributed by atoms with Crippen LogP contribution in [0.15, 0.2) is 11.1 Å². The molecule has 2 saturated carbocycles. The molecule has 3 saturated heterocycles. The van der Waals surface area contributed by atoms with Crippen molar-refractivity contribution in [3.8, 4) is 0 Å². The fraction of sp³-hybridized carbons (Fsp3) is 0.750. The van der Waals surface area contributed by atoms with E-state index in [0.717, 1.165) is 0 Å². The first-order valence-corrected chi connectivity index (χ1v) is 9.85. The van der Waals surface area contributed by atoms with Gasteiger partial charge in [-0.05, 0) is 24.7 Å². The molecule has 0 bridgehead atoms. The second-order valence-electron chi connectivity index (χ2n) is 10.1.